The lowest BCUT2D eigenvalue weighted by Gasteiger charge is -2.46. The van der Waals surface area contributed by atoms with Gasteiger partial charge in [-0.2, -0.15) is 9.57 Å². The molecule has 2 bridgehead atoms. The summed E-state index contributed by atoms with van der Waals surface area (Å²) >= 11 is 0. The second-order valence-electron chi connectivity index (χ2n) is 13.0. The highest BCUT2D eigenvalue weighted by molar-refractivity contribution is 7.89. The standard InChI is InChI=1S/C32H44N2O4S/c1-31(2)26-18-19-32(31,29(21-26)38-30(35)25(22-33)20-24-12-6-3-7-13-24)23-39(36,37)34(27-14-8-4-9-15-27)28-16-10-5-11-17-28/h3,6-7,12-13,20,26-29H,4-5,8-11,14-19,21,23H2,1-2H3/b25-20+/t26-,29-,32-/m1/s1. The van der Waals surface area contributed by atoms with Gasteiger partial charge in [0.15, 0.2) is 0 Å². The summed E-state index contributed by atoms with van der Waals surface area (Å²) in [7, 11) is -3.60. The summed E-state index contributed by atoms with van der Waals surface area (Å²) in [5, 5.41) is 9.76. The number of carbonyl (C=O) groups excluding carboxylic acids is 1. The van der Waals surface area contributed by atoms with Gasteiger partial charge in [0.05, 0.1) is 5.75 Å². The summed E-state index contributed by atoms with van der Waals surface area (Å²) < 4.78 is 37.1. The van der Waals surface area contributed by atoms with Crippen LogP contribution in [-0.4, -0.2) is 42.6 Å². The molecule has 7 heteroatoms. The Labute approximate surface area is 234 Å². The molecule has 3 atom stereocenters. The Bertz CT molecular complexity index is 1190. The van der Waals surface area contributed by atoms with Gasteiger partial charge in [0, 0.05) is 17.5 Å². The Morgan fingerprint density at radius 1 is 1.00 bits per heavy atom. The molecule has 0 spiro atoms. The minimum atomic E-state index is -3.60. The zero-order valence-electron chi connectivity index (χ0n) is 23.6. The van der Waals surface area contributed by atoms with Gasteiger partial charge in [-0.1, -0.05) is 82.7 Å². The van der Waals surface area contributed by atoms with Gasteiger partial charge in [0.25, 0.3) is 0 Å². The van der Waals surface area contributed by atoms with Crippen molar-refractivity contribution in [1.29, 1.82) is 5.26 Å². The molecule has 4 aliphatic carbocycles. The molecule has 6 nitrogen and oxygen atoms in total. The summed E-state index contributed by atoms with van der Waals surface area (Å²) in [5.41, 5.74) is -0.217. The summed E-state index contributed by atoms with van der Waals surface area (Å²) in [6.07, 6.45) is 13.9. The van der Waals surface area contributed by atoms with Crippen molar-refractivity contribution in [3.63, 3.8) is 0 Å². The first-order valence-electron chi connectivity index (χ1n) is 15.1. The van der Waals surface area contributed by atoms with E-state index in [-0.39, 0.29) is 28.8 Å². The number of hydrogen-bond acceptors (Lipinski definition) is 5. The Hall–Kier alpha value is -2.17. The second-order valence-corrected chi connectivity index (χ2v) is 14.9. The Morgan fingerprint density at radius 2 is 1.59 bits per heavy atom. The summed E-state index contributed by atoms with van der Waals surface area (Å²) in [6.45, 7) is 4.34. The molecule has 212 valence electrons. The highest BCUT2D eigenvalue weighted by Gasteiger charge is 2.67. The van der Waals surface area contributed by atoms with Crippen molar-refractivity contribution in [2.75, 3.05) is 5.75 Å². The van der Waals surface area contributed by atoms with Crippen LogP contribution in [0.2, 0.25) is 0 Å². The fourth-order valence-electron chi connectivity index (χ4n) is 8.37. The fraction of sp³-hybridized carbons (Fsp3) is 0.688. The van der Waals surface area contributed by atoms with Crippen LogP contribution in [0.1, 0.15) is 103 Å². The Morgan fingerprint density at radius 3 is 2.13 bits per heavy atom. The van der Waals surface area contributed by atoms with Crippen LogP contribution in [-0.2, 0) is 19.6 Å². The van der Waals surface area contributed by atoms with Gasteiger partial charge in [0.1, 0.15) is 17.7 Å². The van der Waals surface area contributed by atoms with E-state index in [0.717, 1.165) is 69.8 Å². The third kappa shape index (κ3) is 5.44. The van der Waals surface area contributed by atoms with E-state index in [0.29, 0.717) is 12.3 Å². The Balaban J connectivity index is 1.43. The predicted octanol–water partition coefficient (Wildman–Crippen LogP) is 6.63. The molecule has 0 aliphatic heterocycles. The van der Waals surface area contributed by atoms with Crippen molar-refractivity contribution in [1.82, 2.24) is 4.31 Å². The van der Waals surface area contributed by atoms with Gasteiger partial charge >= 0.3 is 5.97 Å². The highest BCUT2D eigenvalue weighted by Crippen LogP contribution is 2.67. The van der Waals surface area contributed by atoms with E-state index >= 15 is 0 Å². The molecule has 0 amide bonds. The third-order valence-electron chi connectivity index (χ3n) is 10.7. The Kier molecular flexibility index (Phi) is 8.27. The number of nitrogens with zero attached hydrogens (tertiary/aromatic N) is 2. The van der Waals surface area contributed by atoms with Crippen LogP contribution in [0.5, 0.6) is 0 Å². The minimum Gasteiger partial charge on any atom is -0.458 e. The molecular weight excluding hydrogens is 508 g/mol. The van der Waals surface area contributed by atoms with Gasteiger partial charge in [-0.3, -0.25) is 0 Å². The number of ether oxygens (including phenoxy) is 1. The normalized spacial score (nSPS) is 29.8. The van der Waals surface area contributed by atoms with Crippen molar-refractivity contribution < 1.29 is 17.9 Å². The number of esters is 1. The number of sulfonamides is 1. The lowest BCUT2D eigenvalue weighted by Crippen LogP contribution is -2.54. The lowest BCUT2D eigenvalue weighted by molar-refractivity contribution is -0.151. The molecular formula is C32H44N2O4S. The maximum absolute atomic E-state index is 14.5. The molecule has 0 heterocycles. The molecule has 1 aromatic rings. The van der Waals surface area contributed by atoms with Crippen LogP contribution in [0.3, 0.4) is 0 Å². The molecule has 0 aromatic heterocycles. The second kappa shape index (κ2) is 11.4. The van der Waals surface area contributed by atoms with Gasteiger partial charge < -0.3 is 4.74 Å². The van der Waals surface area contributed by atoms with Gasteiger partial charge in [-0.05, 0) is 67.9 Å². The largest absolute Gasteiger partial charge is 0.458 e. The molecule has 39 heavy (non-hydrogen) atoms. The van der Waals surface area contributed by atoms with Crippen LogP contribution in [0.4, 0.5) is 0 Å². The summed E-state index contributed by atoms with van der Waals surface area (Å²) in [5.74, 6) is -0.325. The van der Waals surface area contributed by atoms with Gasteiger partial charge in [-0.15, -0.1) is 0 Å². The smallest absolute Gasteiger partial charge is 0.349 e. The van der Waals surface area contributed by atoms with E-state index in [2.05, 4.69) is 13.8 Å². The SMILES string of the molecule is CC1(C)[C@@H]2CC[C@@]1(CS(=O)(=O)N(C1CCCCC1)C1CCCCC1)[C@H](OC(=O)/C(C#N)=C/c1ccccc1)C2. The van der Waals surface area contributed by atoms with Crippen LogP contribution >= 0.6 is 0 Å². The fourth-order valence-corrected chi connectivity index (χ4v) is 11.2. The topological polar surface area (TPSA) is 87.5 Å². The van der Waals surface area contributed by atoms with Crippen molar-refractivity contribution in [3.05, 3.63) is 41.5 Å². The van der Waals surface area contributed by atoms with E-state index in [4.69, 9.17) is 4.74 Å². The van der Waals surface area contributed by atoms with E-state index < -0.39 is 27.5 Å². The van der Waals surface area contributed by atoms with Gasteiger partial charge in [-0.25, -0.2) is 13.2 Å². The van der Waals surface area contributed by atoms with Crippen molar-refractivity contribution >= 4 is 22.1 Å². The third-order valence-corrected chi connectivity index (χ3v) is 12.8. The quantitative estimate of drug-likeness (QED) is 0.205. The van der Waals surface area contributed by atoms with E-state index in [1.54, 1.807) is 6.08 Å². The van der Waals surface area contributed by atoms with Gasteiger partial charge in [0.2, 0.25) is 10.0 Å². The molecule has 0 unspecified atom stereocenters. The first-order valence-corrected chi connectivity index (χ1v) is 16.7. The maximum atomic E-state index is 14.5. The van der Waals surface area contributed by atoms with Crippen molar-refractivity contribution in [3.8, 4) is 6.07 Å². The van der Waals surface area contributed by atoms with Crippen LogP contribution < -0.4 is 0 Å². The number of rotatable bonds is 8. The number of fused-ring (bicyclic) bond motifs is 2. The monoisotopic (exact) mass is 552 g/mol. The zero-order chi connectivity index (χ0) is 27.7. The molecule has 5 rings (SSSR count). The lowest BCUT2D eigenvalue weighted by atomic mass is 9.69. The average Bonchev–Trinajstić information content (AvgIpc) is 3.28. The van der Waals surface area contributed by atoms with Crippen molar-refractivity contribution in [2.24, 2.45) is 16.7 Å². The molecule has 1 aromatic carbocycles. The zero-order valence-corrected chi connectivity index (χ0v) is 24.4. The first kappa shape index (κ1) is 28.4. The van der Waals surface area contributed by atoms with Crippen LogP contribution in [0.15, 0.2) is 35.9 Å². The molecule has 0 N–H and O–H groups in total. The highest BCUT2D eigenvalue weighted by atomic mass is 32.2. The number of hydrogen-bond donors (Lipinski definition) is 0. The number of carbonyl (C=O) groups is 1. The molecule has 4 fully saturated rings. The first-order chi connectivity index (χ1) is 18.7. The maximum Gasteiger partial charge on any atom is 0.349 e. The molecule has 4 aliphatic rings. The summed E-state index contributed by atoms with van der Waals surface area (Å²) in [4.78, 5) is 13.3. The van der Waals surface area contributed by atoms with Crippen LogP contribution in [0, 0.1) is 28.1 Å². The summed E-state index contributed by atoms with van der Waals surface area (Å²) in [6, 6.07) is 11.5. The van der Waals surface area contributed by atoms with E-state index in [1.165, 1.54) is 12.8 Å². The molecule has 0 saturated heterocycles. The molecule has 4 saturated carbocycles. The van der Waals surface area contributed by atoms with E-state index in [1.807, 2.05) is 40.7 Å². The average molecular weight is 553 g/mol. The van der Waals surface area contributed by atoms with Crippen molar-refractivity contribution in [2.45, 2.75) is 116 Å². The number of benzene rings is 1. The van der Waals surface area contributed by atoms with E-state index in [9.17, 15) is 18.5 Å². The molecule has 0 radical (unpaired) electrons. The predicted molar refractivity (Wildman–Crippen MR) is 153 cm³/mol. The number of nitriles is 1. The minimum absolute atomic E-state index is 0.0265. The van der Waals surface area contributed by atoms with Crippen LogP contribution in [0.25, 0.3) is 6.08 Å².